The molecular weight excluding hydrogens is 242 g/mol. The van der Waals surface area contributed by atoms with E-state index in [2.05, 4.69) is 13.0 Å². The average molecular weight is 274 g/mol. The lowest BCUT2D eigenvalue weighted by atomic mass is 9.98. The predicted molar refractivity (Wildman–Crippen MR) is 87.6 cm³/mol. The third kappa shape index (κ3) is 5.34. The van der Waals surface area contributed by atoms with Gasteiger partial charge in [-0.1, -0.05) is 58.3 Å². The van der Waals surface area contributed by atoms with E-state index in [1.807, 2.05) is 0 Å². The van der Waals surface area contributed by atoms with Crippen LogP contribution in [0.3, 0.4) is 0 Å². The van der Waals surface area contributed by atoms with Crippen molar-refractivity contribution in [3.8, 4) is 0 Å². The van der Waals surface area contributed by atoms with Crippen molar-refractivity contribution in [2.75, 3.05) is 0 Å². The van der Waals surface area contributed by atoms with Gasteiger partial charge in [-0.25, -0.2) is 0 Å². The highest BCUT2D eigenvalue weighted by Crippen LogP contribution is 2.32. The molecule has 1 nitrogen and oxygen atoms in total. The molecule has 0 aromatic heterocycles. The second-order valence-electron chi connectivity index (χ2n) is 6.50. The molecule has 0 atom stereocenters. The Bertz CT molecular complexity index is 338. The van der Waals surface area contributed by atoms with Crippen molar-refractivity contribution in [2.45, 2.75) is 96.8 Å². The Morgan fingerprint density at radius 3 is 2.20 bits per heavy atom. The molecule has 2 aliphatic rings. The Hall–Kier alpha value is -0.720. The highest BCUT2D eigenvalue weighted by atomic mass is 14.9. The van der Waals surface area contributed by atoms with E-state index < -0.39 is 0 Å². The van der Waals surface area contributed by atoms with E-state index in [1.165, 1.54) is 101 Å². The molecule has 1 aliphatic carbocycles. The quantitative estimate of drug-likeness (QED) is 0.419. The number of unbranched alkanes of at least 4 members (excludes halogenated alkanes) is 8. The van der Waals surface area contributed by atoms with Crippen LogP contribution in [0.1, 0.15) is 96.8 Å². The highest BCUT2D eigenvalue weighted by Gasteiger charge is 2.19. The van der Waals surface area contributed by atoms with Gasteiger partial charge in [0.25, 0.3) is 0 Å². The third-order valence-corrected chi connectivity index (χ3v) is 4.64. The summed E-state index contributed by atoms with van der Waals surface area (Å²) >= 11 is 0. The van der Waals surface area contributed by atoms with Gasteiger partial charge in [0.2, 0.25) is 0 Å². The topological polar surface area (TPSA) is 14.1 Å². The van der Waals surface area contributed by atoms with E-state index in [9.17, 15) is 0 Å². The number of rotatable bonds is 10. The molecule has 0 unspecified atom stereocenters. The van der Waals surface area contributed by atoms with Gasteiger partial charge in [0.1, 0.15) is 0 Å². The zero-order valence-electron chi connectivity index (χ0n) is 13.4. The van der Waals surface area contributed by atoms with Crippen molar-refractivity contribution < 1.29 is 0 Å². The summed E-state index contributed by atoms with van der Waals surface area (Å²) in [6.45, 7) is 2.29. The molecule has 1 aliphatic heterocycles. The molecule has 0 saturated heterocycles. The van der Waals surface area contributed by atoms with Gasteiger partial charge < -0.3 is 0 Å². The zero-order valence-corrected chi connectivity index (χ0v) is 13.4. The largest absolute Gasteiger partial charge is 0.258 e. The van der Waals surface area contributed by atoms with E-state index in [-0.39, 0.29) is 0 Å². The molecule has 0 bridgehead atoms. The summed E-state index contributed by atoms with van der Waals surface area (Å²) in [5, 5.41) is 4.82. The van der Waals surface area contributed by atoms with Gasteiger partial charge in [-0.3, -0.25) is 5.32 Å². The van der Waals surface area contributed by atoms with Crippen molar-refractivity contribution in [3.05, 3.63) is 23.0 Å². The lowest BCUT2D eigenvalue weighted by molar-refractivity contribution is 0.561. The van der Waals surface area contributed by atoms with Crippen LogP contribution in [0.25, 0.3) is 0 Å². The Morgan fingerprint density at radius 2 is 1.50 bits per heavy atom. The van der Waals surface area contributed by atoms with E-state index in [1.54, 1.807) is 5.57 Å². The Labute approximate surface area is 125 Å². The van der Waals surface area contributed by atoms with E-state index in [4.69, 9.17) is 5.32 Å². The first-order chi connectivity index (χ1) is 9.90. The monoisotopic (exact) mass is 274 g/mol. The molecule has 1 radical (unpaired) electrons. The Kier molecular flexibility index (Phi) is 7.25. The first kappa shape index (κ1) is 15.7. The minimum atomic E-state index is 1.21. The van der Waals surface area contributed by atoms with Crippen LogP contribution in [0.2, 0.25) is 0 Å². The highest BCUT2D eigenvalue weighted by molar-refractivity contribution is 5.37. The van der Waals surface area contributed by atoms with E-state index >= 15 is 0 Å². The summed E-state index contributed by atoms with van der Waals surface area (Å²) in [5.41, 5.74) is 4.35. The summed E-state index contributed by atoms with van der Waals surface area (Å²) in [7, 11) is 0. The van der Waals surface area contributed by atoms with Crippen LogP contribution in [-0.4, -0.2) is 0 Å². The smallest absolute Gasteiger partial charge is 0.0439 e. The van der Waals surface area contributed by atoms with E-state index in [0.29, 0.717) is 0 Å². The zero-order chi connectivity index (χ0) is 14.0. The molecule has 0 spiro atoms. The molecule has 113 valence electrons. The lowest BCUT2D eigenvalue weighted by Crippen LogP contribution is -2.03. The Balaban J connectivity index is 1.45. The number of hydrogen-bond acceptors (Lipinski definition) is 0. The summed E-state index contributed by atoms with van der Waals surface area (Å²) in [4.78, 5) is 0. The van der Waals surface area contributed by atoms with Crippen molar-refractivity contribution in [2.24, 2.45) is 0 Å². The van der Waals surface area contributed by atoms with Crippen LogP contribution in [0.4, 0.5) is 0 Å². The summed E-state index contributed by atoms with van der Waals surface area (Å²) < 4.78 is 0. The molecule has 0 saturated carbocycles. The summed E-state index contributed by atoms with van der Waals surface area (Å²) in [5.74, 6) is 0. The van der Waals surface area contributed by atoms with Crippen LogP contribution in [0, 0.1) is 0 Å². The maximum Gasteiger partial charge on any atom is 0.0439 e. The molecule has 0 N–H and O–H groups in total. The Morgan fingerprint density at radius 1 is 0.850 bits per heavy atom. The molecule has 0 aromatic rings. The van der Waals surface area contributed by atoms with Gasteiger partial charge in [-0.2, -0.15) is 0 Å². The minimum Gasteiger partial charge on any atom is -0.258 e. The molecule has 1 heteroatoms. The van der Waals surface area contributed by atoms with Crippen LogP contribution in [0.15, 0.2) is 23.0 Å². The second-order valence-corrected chi connectivity index (χ2v) is 6.50. The molecule has 20 heavy (non-hydrogen) atoms. The fraction of sp³-hybridized carbons (Fsp3) is 0.789. The maximum atomic E-state index is 4.82. The summed E-state index contributed by atoms with van der Waals surface area (Å²) in [6.07, 6.45) is 21.5. The molecule has 0 fully saturated rings. The number of nitrogens with zero attached hydrogens (tertiary/aromatic N) is 1. The molecule has 2 rings (SSSR count). The molecule has 1 heterocycles. The second kappa shape index (κ2) is 9.26. The maximum absolute atomic E-state index is 4.82. The number of allylic oxidation sites excluding steroid dienone is 4. The van der Waals surface area contributed by atoms with Crippen LogP contribution in [0.5, 0.6) is 0 Å². The lowest BCUT2D eigenvalue weighted by Gasteiger charge is -2.11. The van der Waals surface area contributed by atoms with Crippen LogP contribution in [-0.2, 0) is 0 Å². The van der Waals surface area contributed by atoms with Crippen molar-refractivity contribution in [1.82, 2.24) is 5.32 Å². The average Bonchev–Trinajstić information content (AvgIpc) is 2.88. The van der Waals surface area contributed by atoms with Gasteiger partial charge in [-0.15, -0.1) is 0 Å². The standard InChI is InChI=1S/C19H32N/c1-2-3-4-5-6-7-8-9-10-14-18-16-17-13-11-12-15-19(17)20-18/h16H,2-15H2,1H3. The first-order valence-electron chi connectivity index (χ1n) is 9.04. The van der Waals surface area contributed by atoms with Gasteiger partial charge in [0, 0.05) is 11.4 Å². The minimum absolute atomic E-state index is 1.21. The fourth-order valence-corrected chi connectivity index (χ4v) is 3.35. The molecule has 0 amide bonds. The van der Waals surface area contributed by atoms with Crippen LogP contribution < -0.4 is 5.32 Å². The SMILES string of the molecule is CCCCCCCCCCCC1=CC2=C(CCCC2)[N]1. The fourth-order valence-electron chi connectivity index (χ4n) is 3.35. The third-order valence-electron chi connectivity index (χ3n) is 4.64. The van der Waals surface area contributed by atoms with Gasteiger partial charge in [0.15, 0.2) is 0 Å². The van der Waals surface area contributed by atoms with Gasteiger partial charge in [0.05, 0.1) is 0 Å². The normalized spacial score (nSPS) is 17.9. The van der Waals surface area contributed by atoms with Crippen molar-refractivity contribution in [1.29, 1.82) is 0 Å². The van der Waals surface area contributed by atoms with Crippen molar-refractivity contribution in [3.63, 3.8) is 0 Å². The van der Waals surface area contributed by atoms with Gasteiger partial charge in [-0.05, 0) is 50.2 Å². The van der Waals surface area contributed by atoms with Crippen LogP contribution >= 0.6 is 0 Å². The van der Waals surface area contributed by atoms with Gasteiger partial charge >= 0.3 is 0 Å². The van der Waals surface area contributed by atoms with Crippen molar-refractivity contribution >= 4 is 0 Å². The first-order valence-corrected chi connectivity index (χ1v) is 9.04. The molecule has 0 aromatic carbocycles. The summed E-state index contributed by atoms with van der Waals surface area (Å²) in [6, 6.07) is 0. The van der Waals surface area contributed by atoms with E-state index in [0.717, 1.165) is 0 Å². The predicted octanol–water partition coefficient (Wildman–Crippen LogP) is 6.24. The number of hydrogen-bond donors (Lipinski definition) is 0. The molecular formula is C19H32N.